The third-order valence-electron chi connectivity index (χ3n) is 9.00. The van der Waals surface area contributed by atoms with Crippen molar-refractivity contribution in [3.63, 3.8) is 0 Å². The predicted molar refractivity (Wildman–Crippen MR) is 223 cm³/mol. The Kier molecular flexibility index (Phi) is 112. The van der Waals surface area contributed by atoms with Crippen molar-refractivity contribution in [3.05, 3.63) is 0 Å². The fourth-order valence-electron chi connectivity index (χ4n) is 6.36. The van der Waals surface area contributed by atoms with Gasteiger partial charge in [0.15, 0.2) is 0 Å². The van der Waals surface area contributed by atoms with E-state index in [9.17, 15) is 0 Å². The minimum absolute atomic E-state index is 1.00. The second-order valence-electron chi connectivity index (χ2n) is 12.7. The van der Waals surface area contributed by atoms with Gasteiger partial charge in [-0.2, -0.15) is 0 Å². The molecular weight excluding hydrogens is 628 g/mol. The van der Waals surface area contributed by atoms with Crippen LogP contribution in [0.1, 0.15) is 231 Å². The third kappa shape index (κ3) is 81.6. The van der Waals surface area contributed by atoms with Gasteiger partial charge in [0, 0.05) is 49.8 Å². The molecule has 0 aromatic heterocycles. The summed E-state index contributed by atoms with van der Waals surface area (Å²) < 4.78 is 0. The number of hydrogen-bond acceptors (Lipinski definition) is 7. The van der Waals surface area contributed by atoms with Gasteiger partial charge in [-0.05, 0) is 0 Å². The lowest BCUT2D eigenvalue weighted by atomic mass is 10.0. The van der Waals surface area contributed by atoms with Gasteiger partial charge in [-0.25, -0.2) is 0 Å². The molecule has 0 unspecified atom stereocenters. The van der Waals surface area contributed by atoms with Crippen molar-refractivity contribution >= 4 is 0 Å². The van der Waals surface area contributed by atoms with Crippen LogP contribution in [-0.4, -0.2) is 85.5 Å². The third-order valence-corrected chi connectivity index (χ3v) is 9.00. The number of rotatable bonds is 0. The summed E-state index contributed by atoms with van der Waals surface area (Å²) >= 11 is 0. The van der Waals surface area contributed by atoms with Gasteiger partial charge in [-0.3, -0.25) is 0 Å². The van der Waals surface area contributed by atoms with Crippen molar-refractivity contribution in [2.75, 3.05) is 49.8 Å². The van der Waals surface area contributed by atoms with E-state index in [1.165, 1.54) is 231 Å². The molecule has 0 atom stereocenters. The van der Waals surface area contributed by atoms with E-state index in [2.05, 4.69) is 0 Å². The van der Waals surface area contributed by atoms with Gasteiger partial charge in [-0.15, -0.1) is 0 Å². The Morgan fingerprint density at radius 3 is 0.140 bits per heavy atom. The average Bonchev–Trinajstić information content (AvgIpc) is 3.20. The quantitative estimate of drug-likeness (QED) is 0.132. The van der Waals surface area contributed by atoms with E-state index in [1.807, 2.05) is 0 Å². The number of aliphatic hydroxyl groups is 7. The van der Waals surface area contributed by atoms with Gasteiger partial charge < -0.3 is 35.7 Å². The van der Waals surface area contributed by atoms with Crippen LogP contribution in [0, 0.1) is 0 Å². The molecule has 0 amide bonds. The van der Waals surface area contributed by atoms with Crippen molar-refractivity contribution in [1.82, 2.24) is 0 Å². The van der Waals surface area contributed by atoms with Crippen LogP contribution in [0.2, 0.25) is 0 Å². The molecule has 0 aromatic rings. The standard InChI is InChI=1S/C36H72.7CH4O/c1-2-4-6-8-10-12-14-16-18-20-22-24-26-28-30-32-34-36-35-33-31-29-27-25-23-21-19-17-15-13-11-9-7-5-3-1;7*1-2/h1-36H2;7*2H,1H3. The highest BCUT2D eigenvalue weighted by Gasteiger charge is 1.98. The summed E-state index contributed by atoms with van der Waals surface area (Å²) in [4.78, 5) is 0. The highest BCUT2D eigenvalue weighted by Crippen LogP contribution is 2.18. The molecule has 0 bridgehead atoms. The van der Waals surface area contributed by atoms with Crippen LogP contribution in [0.25, 0.3) is 0 Å². The lowest BCUT2D eigenvalue weighted by Gasteiger charge is -2.05. The molecule has 7 N–H and O–H groups in total. The van der Waals surface area contributed by atoms with Crippen LogP contribution < -0.4 is 0 Å². The summed E-state index contributed by atoms with van der Waals surface area (Å²) in [6.07, 6.45) is 54.0. The summed E-state index contributed by atoms with van der Waals surface area (Å²) in [5, 5.41) is 49.0. The Balaban J connectivity index is -0.000000234. The fraction of sp³-hybridized carbons (Fsp3) is 1.00. The molecule has 0 aromatic carbocycles. The first-order valence-electron chi connectivity index (χ1n) is 21.1. The molecule has 0 heterocycles. The van der Waals surface area contributed by atoms with Crippen LogP contribution in [0.4, 0.5) is 0 Å². The van der Waals surface area contributed by atoms with Crippen LogP contribution in [0.3, 0.4) is 0 Å². The second-order valence-corrected chi connectivity index (χ2v) is 12.7. The number of aliphatic hydroxyl groups excluding tert-OH is 7. The maximum atomic E-state index is 7.00. The van der Waals surface area contributed by atoms with Gasteiger partial charge >= 0.3 is 0 Å². The largest absolute Gasteiger partial charge is 0.400 e. The van der Waals surface area contributed by atoms with Crippen LogP contribution >= 0.6 is 0 Å². The summed E-state index contributed by atoms with van der Waals surface area (Å²) in [5.74, 6) is 0. The van der Waals surface area contributed by atoms with Gasteiger partial charge in [0.1, 0.15) is 0 Å². The molecule has 50 heavy (non-hydrogen) atoms. The Morgan fingerprint density at radius 1 is 0.100 bits per heavy atom. The molecule has 1 aliphatic rings. The first kappa shape index (κ1) is 64.7. The SMILES string of the molecule is C1CCCCCCCCCCCCCCCCCCCCCCCCCCCCCCCCCCC1.CO.CO.CO.CO.CO.CO.CO. The Bertz CT molecular complexity index is 215. The Labute approximate surface area is 316 Å². The zero-order valence-corrected chi connectivity index (χ0v) is 35.6. The normalized spacial score (nSPS) is 18.1. The lowest BCUT2D eigenvalue weighted by molar-refractivity contribution is 0.399. The molecule has 0 radical (unpaired) electrons. The summed E-state index contributed by atoms with van der Waals surface area (Å²) in [6, 6.07) is 0. The van der Waals surface area contributed by atoms with E-state index in [1.54, 1.807) is 0 Å². The Morgan fingerprint density at radius 2 is 0.120 bits per heavy atom. The summed E-state index contributed by atoms with van der Waals surface area (Å²) in [6.45, 7) is 0. The van der Waals surface area contributed by atoms with Gasteiger partial charge in [-0.1, -0.05) is 231 Å². The minimum atomic E-state index is 1.00. The van der Waals surface area contributed by atoms with Gasteiger partial charge in [0.05, 0.1) is 0 Å². The van der Waals surface area contributed by atoms with Crippen molar-refractivity contribution in [2.24, 2.45) is 0 Å². The van der Waals surface area contributed by atoms with Crippen molar-refractivity contribution < 1.29 is 35.7 Å². The average molecular weight is 729 g/mol. The van der Waals surface area contributed by atoms with Crippen LogP contribution in [0.5, 0.6) is 0 Å². The molecule has 7 heteroatoms. The Hall–Kier alpha value is -0.280. The molecule has 0 spiro atoms. The summed E-state index contributed by atoms with van der Waals surface area (Å²) in [5.41, 5.74) is 0. The lowest BCUT2D eigenvalue weighted by Crippen LogP contribution is -1.85. The van der Waals surface area contributed by atoms with E-state index in [0.717, 1.165) is 49.8 Å². The molecule has 1 rings (SSSR count). The van der Waals surface area contributed by atoms with E-state index >= 15 is 0 Å². The smallest absolute Gasteiger partial charge is 0.0319 e. The van der Waals surface area contributed by atoms with Crippen molar-refractivity contribution in [1.29, 1.82) is 0 Å². The highest BCUT2D eigenvalue weighted by atomic mass is 16.2. The molecule has 314 valence electrons. The fourth-order valence-corrected chi connectivity index (χ4v) is 6.36. The maximum absolute atomic E-state index is 7.00. The molecule has 0 aliphatic heterocycles. The topological polar surface area (TPSA) is 142 Å². The molecule has 1 aliphatic carbocycles. The van der Waals surface area contributed by atoms with E-state index in [4.69, 9.17) is 35.7 Å². The summed E-state index contributed by atoms with van der Waals surface area (Å²) in [7, 11) is 7.00. The number of hydrogen-bond donors (Lipinski definition) is 7. The zero-order valence-electron chi connectivity index (χ0n) is 35.6. The first-order chi connectivity index (χ1) is 25.0. The van der Waals surface area contributed by atoms with Crippen LogP contribution in [-0.2, 0) is 0 Å². The van der Waals surface area contributed by atoms with E-state index in [0.29, 0.717) is 0 Å². The molecule has 1 fully saturated rings. The minimum Gasteiger partial charge on any atom is -0.400 e. The van der Waals surface area contributed by atoms with Crippen molar-refractivity contribution in [2.45, 2.75) is 231 Å². The van der Waals surface area contributed by atoms with Gasteiger partial charge in [0.25, 0.3) is 0 Å². The molecule has 0 saturated heterocycles. The monoisotopic (exact) mass is 729 g/mol. The maximum Gasteiger partial charge on any atom is 0.0319 e. The highest BCUT2D eigenvalue weighted by molar-refractivity contribution is 4.54. The molecular formula is C43H100O7. The first-order valence-corrected chi connectivity index (χ1v) is 21.1. The van der Waals surface area contributed by atoms with Gasteiger partial charge in [0.2, 0.25) is 0 Å². The predicted octanol–water partition coefficient (Wildman–Crippen LogP) is 11.3. The van der Waals surface area contributed by atoms with Crippen LogP contribution in [0.15, 0.2) is 0 Å². The molecule has 7 nitrogen and oxygen atoms in total. The van der Waals surface area contributed by atoms with E-state index < -0.39 is 0 Å². The van der Waals surface area contributed by atoms with Crippen molar-refractivity contribution in [3.8, 4) is 0 Å². The molecule has 1 saturated carbocycles. The van der Waals surface area contributed by atoms with E-state index in [-0.39, 0.29) is 0 Å². The zero-order chi connectivity index (χ0) is 39.5. The second kappa shape index (κ2) is 87.0.